The van der Waals surface area contributed by atoms with Gasteiger partial charge in [0.2, 0.25) is 11.0 Å². The van der Waals surface area contributed by atoms with Crippen molar-refractivity contribution in [3.8, 4) is 0 Å². The van der Waals surface area contributed by atoms with Crippen molar-refractivity contribution >= 4 is 45.3 Å². The lowest BCUT2D eigenvalue weighted by molar-refractivity contribution is -0.113. The molecule has 0 atom stereocenters. The minimum absolute atomic E-state index is 0.114. The van der Waals surface area contributed by atoms with Crippen LogP contribution in [0.4, 0.5) is 5.13 Å². The zero-order valence-electron chi connectivity index (χ0n) is 12.8. The van der Waals surface area contributed by atoms with Crippen LogP contribution in [0.25, 0.3) is 11.2 Å². The third-order valence-corrected chi connectivity index (χ3v) is 5.09. The van der Waals surface area contributed by atoms with E-state index in [-0.39, 0.29) is 11.7 Å². The van der Waals surface area contributed by atoms with Crippen LogP contribution >= 0.6 is 23.1 Å². The number of aryl methyl sites for hydroxylation is 2. The van der Waals surface area contributed by atoms with E-state index in [9.17, 15) is 4.79 Å². The van der Waals surface area contributed by atoms with Gasteiger partial charge in [0.1, 0.15) is 10.5 Å². The monoisotopic (exact) mass is 348 g/mol. The number of anilines is 1. The van der Waals surface area contributed by atoms with Crippen LogP contribution in [0.5, 0.6) is 0 Å². The molecule has 3 aromatic rings. The summed E-state index contributed by atoms with van der Waals surface area (Å²) in [4.78, 5) is 20.9. The molecule has 9 heteroatoms. The smallest absolute Gasteiger partial charge is 0.236 e. The number of amides is 1. The molecule has 1 amide bonds. The number of nitrogens with zero attached hydrogens (tertiary/aromatic N) is 5. The van der Waals surface area contributed by atoms with Crippen molar-refractivity contribution in [2.45, 2.75) is 32.0 Å². The van der Waals surface area contributed by atoms with Gasteiger partial charge in [0.15, 0.2) is 10.8 Å². The Kier molecular flexibility index (Phi) is 4.87. The average molecular weight is 348 g/mol. The van der Waals surface area contributed by atoms with Crippen LogP contribution < -0.4 is 5.32 Å². The van der Waals surface area contributed by atoms with E-state index in [1.54, 1.807) is 6.20 Å². The van der Waals surface area contributed by atoms with E-state index >= 15 is 0 Å². The topological polar surface area (TPSA) is 85.6 Å². The van der Waals surface area contributed by atoms with Crippen molar-refractivity contribution in [3.05, 3.63) is 23.3 Å². The zero-order chi connectivity index (χ0) is 16.2. The van der Waals surface area contributed by atoms with Crippen molar-refractivity contribution in [3.63, 3.8) is 0 Å². The molecule has 3 aromatic heterocycles. The van der Waals surface area contributed by atoms with Crippen LogP contribution in [0, 0.1) is 0 Å². The lowest BCUT2D eigenvalue weighted by Gasteiger charge is -2.04. The van der Waals surface area contributed by atoms with Crippen LogP contribution in [0.2, 0.25) is 0 Å². The van der Waals surface area contributed by atoms with Gasteiger partial charge in [-0.15, -0.1) is 10.2 Å². The number of fused-ring (bicyclic) bond motifs is 1. The lowest BCUT2D eigenvalue weighted by Crippen LogP contribution is -2.14. The fourth-order valence-corrected chi connectivity index (χ4v) is 3.63. The summed E-state index contributed by atoms with van der Waals surface area (Å²) in [6.45, 7) is 4.80. The second-order valence-corrected chi connectivity index (χ2v) is 6.68. The van der Waals surface area contributed by atoms with Crippen LogP contribution in [-0.4, -0.2) is 36.4 Å². The highest BCUT2D eigenvalue weighted by molar-refractivity contribution is 7.99. The maximum Gasteiger partial charge on any atom is 0.236 e. The predicted octanol–water partition coefficient (Wildman–Crippen LogP) is 2.60. The first-order valence-electron chi connectivity index (χ1n) is 7.27. The molecule has 120 valence electrons. The molecule has 3 heterocycles. The van der Waals surface area contributed by atoms with Gasteiger partial charge < -0.3 is 4.57 Å². The molecule has 3 rings (SSSR count). The number of nitrogens with one attached hydrogen (secondary N) is 1. The molecule has 0 radical (unpaired) electrons. The highest BCUT2D eigenvalue weighted by Crippen LogP contribution is 2.23. The quantitative estimate of drug-likeness (QED) is 0.689. The summed E-state index contributed by atoms with van der Waals surface area (Å²) in [7, 11) is 0. The molecule has 1 N–H and O–H groups in total. The molecular weight excluding hydrogens is 332 g/mol. The maximum atomic E-state index is 12.1. The number of hydrogen-bond donors (Lipinski definition) is 1. The fourth-order valence-electron chi connectivity index (χ4n) is 2.07. The molecule has 0 saturated heterocycles. The molecule has 23 heavy (non-hydrogen) atoms. The first-order valence-corrected chi connectivity index (χ1v) is 9.07. The summed E-state index contributed by atoms with van der Waals surface area (Å²) in [6.07, 6.45) is 2.56. The Labute approximate surface area is 141 Å². The number of hydrogen-bond acceptors (Lipinski definition) is 7. The highest BCUT2D eigenvalue weighted by atomic mass is 32.2. The Morgan fingerprint density at radius 3 is 3.00 bits per heavy atom. The molecular formula is C14H16N6OS2. The van der Waals surface area contributed by atoms with Gasteiger partial charge in [-0.25, -0.2) is 9.97 Å². The van der Waals surface area contributed by atoms with Gasteiger partial charge in [-0.05, 0) is 25.5 Å². The lowest BCUT2D eigenvalue weighted by atomic mass is 10.4. The molecule has 0 bridgehead atoms. The van der Waals surface area contributed by atoms with Crippen molar-refractivity contribution < 1.29 is 4.79 Å². The third-order valence-electron chi connectivity index (χ3n) is 3.13. The van der Waals surface area contributed by atoms with E-state index in [0.717, 1.165) is 34.3 Å². The van der Waals surface area contributed by atoms with Gasteiger partial charge in [-0.3, -0.25) is 10.1 Å². The number of carbonyl (C=O) groups is 1. The summed E-state index contributed by atoms with van der Waals surface area (Å²) in [5, 5.41) is 12.9. The minimum atomic E-state index is -0.114. The molecule has 0 aliphatic carbocycles. The van der Waals surface area contributed by atoms with E-state index in [4.69, 9.17) is 0 Å². The zero-order valence-corrected chi connectivity index (χ0v) is 14.4. The summed E-state index contributed by atoms with van der Waals surface area (Å²) in [6, 6.07) is 3.78. The van der Waals surface area contributed by atoms with Gasteiger partial charge in [-0.2, -0.15) is 0 Å². The van der Waals surface area contributed by atoms with Crippen LogP contribution in [0.1, 0.15) is 18.9 Å². The average Bonchev–Trinajstić information content (AvgIpc) is 3.16. The van der Waals surface area contributed by atoms with Gasteiger partial charge in [0, 0.05) is 12.7 Å². The summed E-state index contributed by atoms with van der Waals surface area (Å²) < 4.78 is 2.01. The van der Waals surface area contributed by atoms with E-state index in [1.807, 2.05) is 30.5 Å². The molecule has 0 unspecified atom stereocenters. The molecule has 0 aliphatic rings. The summed E-state index contributed by atoms with van der Waals surface area (Å²) in [5.74, 6) is 0.154. The van der Waals surface area contributed by atoms with Gasteiger partial charge in [0.05, 0.1) is 5.75 Å². The molecule has 0 saturated carbocycles. The number of carbonyl (C=O) groups excluding carboxylic acids is 1. The fraction of sp³-hybridized carbons (Fsp3) is 0.357. The maximum absolute atomic E-state index is 12.1. The second kappa shape index (κ2) is 7.05. The molecule has 0 aliphatic heterocycles. The first-order chi connectivity index (χ1) is 11.2. The van der Waals surface area contributed by atoms with E-state index < -0.39 is 0 Å². The van der Waals surface area contributed by atoms with Crippen LogP contribution in [-0.2, 0) is 17.8 Å². The van der Waals surface area contributed by atoms with Gasteiger partial charge in [-0.1, -0.05) is 30.0 Å². The minimum Gasteiger partial charge on any atom is -0.304 e. The van der Waals surface area contributed by atoms with E-state index in [1.165, 1.54) is 23.1 Å². The Morgan fingerprint density at radius 1 is 1.39 bits per heavy atom. The number of pyridine rings is 1. The standard InChI is InChI=1S/C14H16N6OS2/c1-3-11-18-19-13(23-11)17-10(21)8-22-14-16-9-6-5-7-15-12(9)20(14)4-2/h5-7H,3-4,8H2,1-2H3,(H,17,19,21). The molecule has 7 nitrogen and oxygen atoms in total. The number of thioether (sulfide) groups is 1. The van der Waals surface area contributed by atoms with Crippen molar-refractivity contribution in [1.29, 1.82) is 0 Å². The first kappa shape index (κ1) is 15.9. The molecule has 0 spiro atoms. The molecule has 0 fully saturated rings. The molecule has 0 aromatic carbocycles. The van der Waals surface area contributed by atoms with Crippen molar-refractivity contribution in [2.24, 2.45) is 0 Å². The van der Waals surface area contributed by atoms with Crippen LogP contribution in [0.3, 0.4) is 0 Å². The Hall–Kier alpha value is -2.00. The Bertz CT molecular complexity index is 828. The Balaban J connectivity index is 1.66. The largest absolute Gasteiger partial charge is 0.304 e. The predicted molar refractivity (Wildman–Crippen MR) is 91.8 cm³/mol. The SMILES string of the molecule is CCc1nnc(NC(=O)CSc2nc3cccnc3n2CC)s1. The second-order valence-electron chi connectivity index (χ2n) is 4.68. The number of rotatable bonds is 6. The van der Waals surface area contributed by atoms with Gasteiger partial charge in [0.25, 0.3) is 0 Å². The summed E-state index contributed by atoms with van der Waals surface area (Å²) in [5.41, 5.74) is 1.68. The van der Waals surface area contributed by atoms with Gasteiger partial charge >= 0.3 is 0 Å². The third kappa shape index (κ3) is 3.50. The van der Waals surface area contributed by atoms with E-state index in [0.29, 0.717) is 5.13 Å². The summed E-state index contributed by atoms with van der Waals surface area (Å²) >= 11 is 2.79. The van der Waals surface area contributed by atoms with Crippen LogP contribution in [0.15, 0.2) is 23.5 Å². The van der Waals surface area contributed by atoms with E-state index in [2.05, 4.69) is 25.5 Å². The highest BCUT2D eigenvalue weighted by Gasteiger charge is 2.13. The Morgan fingerprint density at radius 2 is 2.26 bits per heavy atom. The number of imidazole rings is 1. The number of aromatic nitrogens is 5. The normalized spacial score (nSPS) is 11.0. The van der Waals surface area contributed by atoms with Crippen molar-refractivity contribution in [2.75, 3.05) is 11.1 Å². The van der Waals surface area contributed by atoms with Crippen molar-refractivity contribution in [1.82, 2.24) is 24.7 Å².